The van der Waals surface area contributed by atoms with Gasteiger partial charge in [-0.3, -0.25) is 0 Å². The predicted molar refractivity (Wildman–Crippen MR) is 66.1 cm³/mol. The Labute approximate surface area is 114 Å². The Morgan fingerprint density at radius 2 is 1.79 bits per heavy atom. The van der Waals surface area contributed by atoms with Crippen LogP contribution < -0.4 is 4.72 Å². The van der Waals surface area contributed by atoms with E-state index >= 15 is 0 Å². The number of nitrogens with one attached hydrogen (secondary N) is 1. The first-order valence-electron chi connectivity index (χ1n) is 5.50. The molecule has 0 bridgehead atoms. The summed E-state index contributed by atoms with van der Waals surface area (Å²) in [4.78, 5) is -1.17. The first-order chi connectivity index (χ1) is 8.77. The maximum Gasteiger partial charge on any atom is 0.246 e. The van der Waals surface area contributed by atoms with Crippen molar-refractivity contribution in [3.05, 3.63) is 29.6 Å². The Bertz CT molecular complexity index is 528. The Kier molecular flexibility index (Phi) is 5.64. The van der Waals surface area contributed by atoms with Crippen LogP contribution in [0.25, 0.3) is 0 Å². The van der Waals surface area contributed by atoms with Crippen LogP contribution in [0.15, 0.2) is 17.0 Å². The van der Waals surface area contributed by atoms with Crippen LogP contribution in [0, 0.1) is 17.5 Å². The third-order valence-corrected chi connectivity index (χ3v) is 4.27. The van der Waals surface area contributed by atoms with Crippen molar-refractivity contribution in [2.45, 2.75) is 30.7 Å². The van der Waals surface area contributed by atoms with Gasteiger partial charge in [0.2, 0.25) is 10.0 Å². The monoisotopic (exact) mass is 315 g/mol. The van der Waals surface area contributed by atoms with Crippen LogP contribution in [0.1, 0.15) is 19.8 Å². The number of hydrogen-bond acceptors (Lipinski definition) is 2. The van der Waals surface area contributed by atoms with E-state index in [0.717, 1.165) is 0 Å². The van der Waals surface area contributed by atoms with Gasteiger partial charge in [0.05, 0.1) is 0 Å². The van der Waals surface area contributed by atoms with E-state index in [0.29, 0.717) is 30.9 Å². The minimum absolute atomic E-state index is 0.321. The van der Waals surface area contributed by atoms with E-state index < -0.39 is 38.4 Å². The summed E-state index contributed by atoms with van der Waals surface area (Å²) >= 11 is 5.46. The topological polar surface area (TPSA) is 46.2 Å². The molecule has 0 saturated heterocycles. The molecule has 0 aliphatic carbocycles. The van der Waals surface area contributed by atoms with Gasteiger partial charge < -0.3 is 0 Å². The molecule has 1 rings (SSSR count). The molecule has 0 heterocycles. The van der Waals surface area contributed by atoms with Crippen molar-refractivity contribution in [1.29, 1.82) is 0 Å². The zero-order valence-corrected chi connectivity index (χ0v) is 11.7. The van der Waals surface area contributed by atoms with Gasteiger partial charge in [0.25, 0.3) is 0 Å². The first-order valence-corrected chi connectivity index (χ1v) is 7.52. The molecule has 1 aromatic carbocycles. The fourth-order valence-corrected chi connectivity index (χ4v) is 3.10. The summed E-state index contributed by atoms with van der Waals surface area (Å²) in [5.41, 5.74) is 0. The quantitative estimate of drug-likeness (QED) is 0.821. The van der Waals surface area contributed by atoms with Gasteiger partial charge in [-0.1, -0.05) is 0 Å². The summed E-state index contributed by atoms with van der Waals surface area (Å²) in [6.45, 7) is 1.55. The molecule has 0 radical (unpaired) electrons. The summed E-state index contributed by atoms with van der Waals surface area (Å²) in [5, 5.41) is 0. The first kappa shape index (κ1) is 16.3. The largest absolute Gasteiger partial charge is 0.246 e. The minimum atomic E-state index is -4.38. The highest BCUT2D eigenvalue weighted by atomic mass is 35.5. The SMILES string of the molecule is CC(CCCCl)NS(=O)(=O)c1c(F)cc(F)cc1F. The molecule has 1 unspecified atom stereocenters. The lowest BCUT2D eigenvalue weighted by Crippen LogP contribution is -2.33. The Hall–Kier alpha value is -0.790. The number of sulfonamides is 1. The Balaban J connectivity index is 3.01. The molecule has 1 N–H and O–H groups in total. The Morgan fingerprint density at radius 1 is 1.26 bits per heavy atom. The summed E-state index contributed by atoms with van der Waals surface area (Å²) in [7, 11) is -4.38. The molecule has 1 atom stereocenters. The Morgan fingerprint density at radius 3 is 2.26 bits per heavy atom. The number of benzene rings is 1. The summed E-state index contributed by atoms with van der Waals surface area (Å²) in [6.07, 6.45) is 0.979. The number of hydrogen-bond donors (Lipinski definition) is 1. The lowest BCUT2D eigenvalue weighted by molar-refractivity contribution is 0.487. The highest BCUT2D eigenvalue weighted by Crippen LogP contribution is 2.20. The van der Waals surface area contributed by atoms with Gasteiger partial charge in [0, 0.05) is 24.1 Å². The predicted octanol–water partition coefficient (Wildman–Crippen LogP) is 2.79. The van der Waals surface area contributed by atoms with E-state index in [4.69, 9.17) is 11.6 Å². The lowest BCUT2D eigenvalue weighted by Gasteiger charge is -2.14. The van der Waals surface area contributed by atoms with Crippen LogP contribution in [-0.2, 0) is 10.0 Å². The van der Waals surface area contributed by atoms with Crippen LogP contribution in [0.4, 0.5) is 13.2 Å². The van der Waals surface area contributed by atoms with Crippen LogP contribution in [0.5, 0.6) is 0 Å². The minimum Gasteiger partial charge on any atom is -0.208 e. The van der Waals surface area contributed by atoms with Crippen molar-refractivity contribution < 1.29 is 21.6 Å². The molecule has 0 amide bonds. The zero-order chi connectivity index (χ0) is 14.6. The molecule has 108 valence electrons. The molecule has 0 fully saturated rings. The van der Waals surface area contributed by atoms with Crippen LogP contribution >= 0.6 is 11.6 Å². The fourth-order valence-electron chi connectivity index (χ4n) is 1.55. The molecule has 0 aliphatic heterocycles. The van der Waals surface area contributed by atoms with E-state index in [9.17, 15) is 21.6 Å². The van der Waals surface area contributed by atoms with Gasteiger partial charge in [0.1, 0.15) is 17.5 Å². The molecule has 1 aromatic rings. The molecule has 3 nitrogen and oxygen atoms in total. The van der Waals surface area contributed by atoms with E-state index in [2.05, 4.69) is 4.72 Å². The third-order valence-electron chi connectivity index (χ3n) is 2.36. The van der Waals surface area contributed by atoms with Crippen molar-refractivity contribution in [1.82, 2.24) is 4.72 Å². The summed E-state index contributed by atoms with van der Waals surface area (Å²) < 4.78 is 65.2. The zero-order valence-electron chi connectivity index (χ0n) is 10.1. The molecule has 0 saturated carbocycles. The highest BCUT2D eigenvalue weighted by Gasteiger charge is 2.26. The normalized spacial score (nSPS) is 13.5. The van der Waals surface area contributed by atoms with E-state index in [1.54, 1.807) is 6.92 Å². The maximum absolute atomic E-state index is 13.4. The molecule has 0 spiro atoms. The van der Waals surface area contributed by atoms with Crippen molar-refractivity contribution >= 4 is 21.6 Å². The maximum atomic E-state index is 13.4. The van der Waals surface area contributed by atoms with Gasteiger partial charge >= 0.3 is 0 Å². The third kappa shape index (κ3) is 4.36. The average molecular weight is 316 g/mol. The smallest absolute Gasteiger partial charge is 0.208 e. The number of alkyl halides is 1. The molecular weight excluding hydrogens is 303 g/mol. The van der Waals surface area contributed by atoms with Crippen LogP contribution in [0.2, 0.25) is 0 Å². The molecule has 8 heteroatoms. The van der Waals surface area contributed by atoms with Crippen molar-refractivity contribution in [3.63, 3.8) is 0 Å². The fraction of sp³-hybridized carbons (Fsp3) is 0.455. The van der Waals surface area contributed by atoms with E-state index in [-0.39, 0.29) is 0 Å². The standard InChI is InChI=1S/C11H13ClF3NO2S/c1-7(3-2-4-12)16-19(17,18)11-9(14)5-8(13)6-10(11)15/h5-7,16H,2-4H2,1H3. The number of halogens is 4. The summed E-state index contributed by atoms with van der Waals surface area (Å²) in [5.74, 6) is -3.75. The molecule has 0 aliphatic rings. The summed E-state index contributed by atoms with van der Waals surface area (Å²) in [6, 6.07) is 0.106. The van der Waals surface area contributed by atoms with Gasteiger partial charge in [-0.05, 0) is 19.8 Å². The molecule has 0 aromatic heterocycles. The second-order valence-electron chi connectivity index (χ2n) is 4.05. The van der Waals surface area contributed by atoms with E-state index in [1.807, 2.05) is 0 Å². The van der Waals surface area contributed by atoms with Crippen LogP contribution in [-0.4, -0.2) is 20.3 Å². The second kappa shape index (κ2) is 6.58. The highest BCUT2D eigenvalue weighted by molar-refractivity contribution is 7.89. The van der Waals surface area contributed by atoms with Crippen molar-refractivity contribution in [2.75, 3.05) is 5.88 Å². The van der Waals surface area contributed by atoms with Gasteiger partial charge in [-0.15, -0.1) is 11.6 Å². The number of rotatable bonds is 6. The van der Waals surface area contributed by atoms with Crippen molar-refractivity contribution in [2.24, 2.45) is 0 Å². The van der Waals surface area contributed by atoms with Crippen molar-refractivity contribution in [3.8, 4) is 0 Å². The van der Waals surface area contributed by atoms with Gasteiger partial charge in [-0.2, -0.15) is 0 Å². The van der Waals surface area contributed by atoms with E-state index in [1.165, 1.54) is 0 Å². The van der Waals surface area contributed by atoms with Gasteiger partial charge in [-0.25, -0.2) is 26.3 Å². The second-order valence-corrected chi connectivity index (χ2v) is 6.08. The average Bonchev–Trinajstić information content (AvgIpc) is 2.23. The van der Waals surface area contributed by atoms with Gasteiger partial charge in [0.15, 0.2) is 4.90 Å². The molecular formula is C11H13ClF3NO2S. The van der Waals surface area contributed by atoms with Crippen LogP contribution in [0.3, 0.4) is 0 Å². The molecule has 19 heavy (non-hydrogen) atoms. The lowest BCUT2D eigenvalue weighted by atomic mass is 10.2.